The van der Waals surface area contributed by atoms with Crippen molar-refractivity contribution in [2.45, 2.75) is 58.4 Å². The highest BCUT2D eigenvalue weighted by molar-refractivity contribution is 5.78. The lowest BCUT2D eigenvalue weighted by molar-refractivity contribution is -0.132. The standard InChI is InChI=1S/C22H26FN5O/c1-15-13-16(2)28-22(24-15)25-20(26-28)14-21(29)27(19-5-3-4-6-19)12-11-17-7-9-18(23)10-8-17/h7-10,13,19H,3-6,11-12,14H2,1-2H3. The van der Waals surface area contributed by atoms with E-state index in [9.17, 15) is 9.18 Å². The number of carbonyl (C=O) groups is 1. The molecule has 4 rings (SSSR count). The van der Waals surface area contributed by atoms with Gasteiger partial charge in [-0.15, -0.1) is 5.10 Å². The molecule has 0 aliphatic heterocycles. The maximum Gasteiger partial charge on any atom is 0.252 e. The van der Waals surface area contributed by atoms with Gasteiger partial charge in [-0.05, 0) is 56.9 Å². The van der Waals surface area contributed by atoms with Crippen LogP contribution in [0, 0.1) is 19.7 Å². The number of amides is 1. The molecular weight excluding hydrogens is 369 g/mol. The lowest BCUT2D eigenvalue weighted by Gasteiger charge is -2.29. The van der Waals surface area contributed by atoms with Crippen LogP contribution >= 0.6 is 0 Å². The quantitative estimate of drug-likeness (QED) is 0.641. The van der Waals surface area contributed by atoms with E-state index in [4.69, 9.17) is 0 Å². The smallest absolute Gasteiger partial charge is 0.252 e. The Kier molecular flexibility index (Phi) is 5.56. The third-order valence-corrected chi connectivity index (χ3v) is 5.61. The van der Waals surface area contributed by atoms with Crippen LogP contribution in [0.3, 0.4) is 0 Å². The first-order chi connectivity index (χ1) is 14.0. The highest BCUT2D eigenvalue weighted by Crippen LogP contribution is 2.24. The van der Waals surface area contributed by atoms with E-state index in [2.05, 4.69) is 15.1 Å². The molecule has 1 aromatic carbocycles. The predicted octanol–water partition coefficient (Wildman–Crippen LogP) is 3.44. The molecule has 2 aromatic heterocycles. The topological polar surface area (TPSA) is 63.4 Å². The Labute approximate surface area is 169 Å². The number of nitrogens with zero attached hydrogens (tertiary/aromatic N) is 5. The fourth-order valence-electron chi connectivity index (χ4n) is 4.15. The molecule has 0 unspecified atom stereocenters. The molecule has 1 aliphatic carbocycles. The molecule has 29 heavy (non-hydrogen) atoms. The summed E-state index contributed by atoms with van der Waals surface area (Å²) in [7, 11) is 0. The number of benzene rings is 1. The number of hydrogen-bond donors (Lipinski definition) is 0. The van der Waals surface area contributed by atoms with Crippen molar-refractivity contribution in [3.63, 3.8) is 0 Å². The maximum atomic E-state index is 13.2. The van der Waals surface area contributed by atoms with Gasteiger partial charge in [-0.2, -0.15) is 4.98 Å². The first-order valence-corrected chi connectivity index (χ1v) is 10.2. The summed E-state index contributed by atoms with van der Waals surface area (Å²) in [6, 6.07) is 8.72. The minimum absolute atomic E-state index is 0.0456. The summed E-state index contributed by atoms with van der Waals surface area (Å²) in [6.45, 7) is 4.50. The number of carbonyl (C=O) groups excluding carboxylic acids is 1. The van der Waals surface area contributed by atoms with E-state index in [0.717, 1.165) is 42.6 Å². The zero-order valence-electron chi connectivity index (χ0n) is 16.9. The second kappa shape index (κ2) is 8.27. The lowest BCUT2D eigenvalue weighted by Crippen LogP contribution is -2.41. The summed E-state index contributed by atoms with van der Waals surface area (Å²) in [4.78, 5) is 24.0. The van der Waals surface area contributed by atoms with Crippen molar-refractivity contribution in [3.8, 4) is 0 Å². The lowest BCUT2D eigenvalue weighted by atomic mass is 10.1. The fourth-order valence-corrected chi connectivity index (χ4v) is 4.15. The zero-order chi connectivity index (χ0) is 20.4. The summed E-state index contributed by atoms with van der Waals surface area (Å²) in [5, 5.41) is 4.48. The Balaban J connectivity index is 1.50. The van der Waals surface area contributed by atoms with E-state index < -0.39 is 0 Å². The molecule has 2 heterocycles. The molecule has 152 valence electrons. The van der Waals surface area contributed by atoms with E-state index in [-0.39, 0.29) is 24.2 Å². The van der Waals surface area contributed by atoms with Gasteiger partial charge in [-0.3, -0.25) is 4.79 Å². The molecular formula is C22H26FN5O. The SMILES string of the molecule is Cc1cc(C)n2nc(CC(=O)N(CCc3ccc(F)cc3)C3CCCC3)nc2n1. The van der Waals surface area contributed by atoms with Crippen LogP contribution in [0.5, 0.6) is 0 Å². The van der Waals surface area contributed by atoms with Gasteiger partial charge in [0.05, 0.1) is 6.42 Å². The van der Waals surface area contributed by atoms with Crippen molar-refractivity contribution in [2.24, 2.45) is 0 Å². The van der Waals surface area contributed by atoms with Gasteiger partial charge < -0.3 is 4.90 Å². The van der Waals surface area contributed by atoms with Gasteiger partial charge in [0.15, 0.2) is 5.82 Å². The third-order valence-electron chi connectivity index (χ3n) is 5.61. The van der Waals surface area contributed by atoms with Crippen LogP contribution < -0.4 is 0 Å². The summed E-state index contributed by atoms with van der Waals surface area (Å²) in [5.41, 5.74) is 2.86. The molecule has 0 N–H and O–H groups in total. The van der Waals surface area contributed by atoms with E-state index in [1.165, 1.54) is 12.1 Å². The largest absolute Gasteiger partial charge is 0.339 e. The Morgan fingerprint density at radius 2 is 1.90 bits per heavy atom. The zero-order valence-corrected chi connectivity index (χ0v) is 16.9. The number of rotatable bonds is 6. The summed E-state index contributed by atoms with van der Waals surface area (Å²) in [6.07, 6.45) is 5.25. The van der Waals surface area contributed by atoms with Crippen molar-refractivity contribution in [1.29, 1.82) is 0 Å². The van der Waals surface area contributed by atoms with Gasteiger partial charge in [0.2, 0.25) is 5.91 Å². The van der Waals surface area contributed by atoms with Crippen LogP contribution in [0.1, 0.15) is 48.5 Å². The number of aryl methyl sites for hydroxylation is 2. The van der Waals surface area contributed by atoms with Crippen molar-refractivity contribution in [2.75, 3.05) is 6.54 Å². The van der Waals surface area contributed by atoms with Gasteiger partial charge in [0.1, 0.15) is 5.82 Å². The molecule has 1 saturated carbocycles. The minimum Gasteiger partial charge on any atom is -0.339 e. The number of hydrogen-bond acceptors (Lipinski definition) is 4. The number of fused-ring (bicyclic) bond motifs is 1. The summed E-state index contributed by atoms with van der Waals surface area (Å²) >= 11 is 0. The molecule has 6 nitrogen and oxygen atoms in total. The van der Waals surface area contributed by atoms with Gasteiger partial charge in [0.25, 0.3) is 5.78 Å². The molecule has 0 spiro atoms. The molecule has 3 aromatic rings. The molecule has 0 bridgehead atoms. The van der Waals surface area contributed by atoms with Crippen LogP contribution in [0.15, 0.2) is 30.3 Å². The van der Waals surface area contributed by atoms with E-state index in [1.807, 2.05) is 24.8 Å². The van der Waals surface area contributed by atoms with E-state index in [1.54, 1.807) is 16.6 Å². The van der Waals surface area contributed by atoms with E-state index >= 15 is 0 Å². The normalized spacial score (nSPS) is 14.6. The van der Waals surface area contributed by atoms with Crippen molar-refractivity contribution in [1.82, 2.24) is 24.5 Å². The second-order valence-electron chi connectivity index (χ2n) is 7.86. The number of halogens is 1. The summed E-state index contributed by atoms with van der Waals surface area (Å²) < 4.78 is 14.8. The fraction of sp³-hybridized carbons (Fsp3) is 0.455. The van der Waals surface area contributed by atoms with Crippen LogP contribution in [0.4, 0.5) is 4.39 Å². The van der Waals surface area contributed by atoms with Crippen LogP contribution in [-0.2, 0) is 17.6 Å². The molecule has 1 fully saturated rings. The average Bonchev–Trinajstić information content (AvgIpc) is 3.33. The highest BCUT2D eigenvalue weighted by Gasteiger charge is 2.27. The minimum atomic E-state index is -0.241. The predicted molar refractivity (Wildman–Crippen MR) is 108 cm³/mol. The molecule has 1 aliphatic rings. The number of aromatic nitrogens is 4. The maximum absolute atomic E-state index is 13.2. The molecule has 0 radical (unpaired) electrons. The first-order valence-electron chi connectivity index (χ1n) is 10.2. The molecule has 1 amide bonds. The average molecular weight is 395 g/mol. The summed E-state index contributed by atoms with van der Waals surface area (Å²) in [5.74, 6) is 0.837. The Hall–Kier alpha value is -2.83. The van der Waals surface area contributed by atoms with Crippen molar-refractivity contribution < 1.29 is 9.18 Å². The second-order valence-corrected chi connectivity index (χ2v) is 7.86. The molecule has 0 saturated heterocycles. The van der Waals surface area contributed by atoms with E-state index in [0.29, 0.717) is 24.6 Å². The van der Waals surface area contributed by atoms with Crippen molar-refractivity contribution >= 4 is 11.7 Å². The van der Waals surface area contributed by atoms with Gasteiger partial charge in [0, 0.05) is 24.0 Å². The van der Waals surface area contributed by atoms with Gasteiger partial charge in [-0.1, -0.05) is 25.0 Å². The van der Waals surface area contributed by atoms with Gasteiger partial charge in [-0.25, -0.2) is 13.9 Å². The molecule has 0 atom stereocenters. The van der Waals surface area contributed by atoms with Gasteiger partial charge >= 0.3 is 0 Å². The first kappa shape index (κ1) is 19.5. The Bertz CT molecular complexity index is 1010. The van der Waals surface area contributed by atoms with Crippen LogP contribution in [-0.4, -0.2) is 43.0 Å². The van der Waals surface area contributed by atoms with Crippen molar-refractivity contribution in [3.05, 3.63) is 58.9 Å². The van der Waals surface area contributed by atoms with Crippen LogP contribution in [0.25, 0.3) is 5.78 Å². The highest BCUT2D eigenvalue weighted by atomic mass is 19.1. The van der Waals surface area contributed by atoms with Crippen LogP contribution in [0.2, 0.25) is 0 Å². The monoisotopic (exact) mass is 395 g/mol. The third kappa shape index (κ3) is 4.44. The molecule has 7 heteroatoms. The Morgan fingerprint density at radius 3 is 2.62 bits per heavy atom. The Morgan fingerprint density at radius 1 is 1.17 bits per heavy atom.